The highest BCUT2D eigenvalue weighted by molar-refractivity contribution is 8.03. The summed E-state index contributed by atoms with van der Waals surface area (Å²) in [5.74, 6) is -0.510. The van der Waals surface area contributed by atoms with Gasteiger partial charge in [0.1, 0.15) is 6.61 Å². The first-order valence-corrected chi connectivity index (χ1v) is 6.34. The maximum absolute atomic E-state index is 11.5. The summed E-state index contributed by atoms with van der Waals surface area (Å²) in [4.78, 5) is 11.5. The van der Waals surface area contributed by atoms with Crippen LogP contribution in [0.4, 0.5) is 0 Å². The van der Waals surface area contributed by atoms with Crippen LogP contribution in [0.25, 0.3) is 0 Å². The van der Waals surface area contributed by atoms with E-state index in [1.54, 1.807) is 6.92 Å². The van der Waals surface area contributed by atoms with Crippen LogP contribution in [-0.2, 0) is 9.53 Å². The second-order valence-corrected chi connectivity index (χ2v) is 5.92. The summed E-state index contributed by atoms with van der Waals surface area (Å²) in [6, 6.07) is 0. The van der Waals surface area contributed by atoms with Crippen molar-refractivity contribution in [2.24, 2.45) is 5.41 Å². The summed E-state index contributed by atoms with van der Waals surface area (Å²) in [7, 11) is 0. The predicted molar refractivity (Wildman–Crippen MR) is 72.4 cm³/mol. The number of carbonyl (C=O) groups excluding carboxylic acids is 1. The first kappa shape index (κ1) is 16.4. The Morgan fingerprint density at radius 1 is 1.31 bits per heavy atom. The van der Waals surface area contributed by atoms with Crippen LogP contribution >= 0.6 is 37.9 Å². The fourth-order valence-electron chi connectivity index (χ4n) is 0.866. The smallest absolute Gasteiger partial charge is 0.332 e. The largest absolute Gasteiger partial charge is 0.463 e. The lowest BCUT2D eigenvalue weighted by molar-refractivity contribution is -0.149. The highest BCUT2D eigenvalue weighted by atomic mass is 32.2. The number of hydrogen-bond donors (Lipinski definition) is 5. The van der Waals surface area contributed by atoms with Gasteiger partial charge in [-0.2, -0.15) is 12.6 Å². The molecule has 0 rings (SSSR count). The van der Waals surface area contributed by atoms with Gasteiger partial charge in [0, 0.05) is 5.75 Å². The molecule has 0 saturated carbocycles. The quantitative estimate of drug-likeness (QED) is 0.267. The van der Waals surface area contributed by atoms with Crippen LogP contribution < -0.4 is 0 Å². The van der Waals surface area contributed by atoms with E-state index in [0.29, 0.717) is 6.42 Å². The number of aliphatic hydroxyl groups excluding tert-OH is 2. The van der Waals surface area contributed by atoms with Crippen molar-refractivity contribution in [2.75, 3.05) is 25.6 Å². The molecule has 0 aromatic heterocycles. The minimum absolute atomic E-state index is 0.0635. The van der Waals surface area contributed by atoms with Crippen molar-refractivity contribution in [3.63, 3.8) is 0 Å². The maximum Gasteiger partial charge on any atom is 0.332 e. The van der Waals surface area contributed by atoms with E-state index in [2.05, 4.69) is 37.9 Å². The van der Waals surface area contributed by atoms with E-state index in [1.165, 1.54) is 0 Å². The third-order valence-corrected chi connectivity index (χ3v) is 4.13. The molecule has 0 fully saturated rings. The number of carbonyl (C=O) groups is 1. The van der Waals surface area contributed by atoms with Gasteiger partial charge in [-0.15, -0.1) is 25.3 Å². The van der Waals surface area contributed by atoms with Crippen LogP contribution in [0.15, 0.2) is 0 Å². The van der Waals surface area contributed by atoms with Gasteiger partial charge in [0.05, 0.1) is 18.6 Å². The van der Waals surface area contributed by atoms with Crippen LogP contribution in [0.1, 0.15) is 13.3 Å². The van der Waals surface area contributed by atoms with Crippen molar-refractivity contribution >= 4 is 43.9 Å². The molecule has 0 atom stereocenters. The lowest BCUT2D eigenvalue weighted by atomic mass is 9.88. The molecule has 0 unspecified atom stereocenters. The van der Waals surface area contributed by atoms with E-state index >= 15 is 0 Å². The van der Waals surface area contributed by atoms with Gasteiger partial charge in [-0.05, 0) is 6.42 Å². The van der Waals surface area contributed by atoms with Gasteiger partial charge in [0.15, 0.2) is 4.08 Å². The Bertz CT molecular complexity index is 221. The number of ether oxygens (including phenoxy) is 1. The van der Waals surface area contributed by atoms with Crippen molar-refractivity contribution in [1.82, 2.24) is 0 Å². The molecule has 0 radical (unpaired) electrons. The molecular formula is C9H18O4S3. The van der Waals surface area contributed by atoms with E-state index in [1.807, 2.05) is 0 Å². The van der Waals surface area contributed by atoms with E-state index in [-0.39, 0.29) is 25.6 Å². The Hall–Kier alpha value is 0.440. The third-order valence-electron chi connectivity index (χ3n) is 2.48. The SMILES string of the molecule is CCC(CO)(CO)COC(=O)C(S)(S)CS. The number of thiol groups is 3. The van der Waals surface area contributed by atoms with Crippen LogP contribution in [-0.4, -0.2) is 45.8 Å². The second kappa shape index (κ2) is 7.00. The van der Waals surface area contributed by atoms with Crippen molar-refractivity contribution in [3.05, 3.63) is 0 Å². The summed E-state index contributed by atoms with van der Waals surface area (Å²) in [6.45, 7) is 1.24. The van der Waals surface area contributed by atoms with Crippen LogP contribution in [0, 0.1) is 5.41 Å². The average molecular weight is 286 g/mol. The van der Waals surface area contributed by atoms with Gasteiger partial charge in [-0.1, -0.05) is 6.92 Å². The molecule has 0 saturated heterocycles. The molecular weight excluding hydrogens is 268 g/mol. The predicted octanol–water partition coefficient (Wildman–Crippen LogP) is 0.396. The Balaban J connectivity index is 4.38. The Kier molecular flexibility index (Phi) is 7.20. The van der Waals surface area contributed by atoms with E-state index in [4.69, 9.17) is 14.9 Å². The first-order chi connectivity index (χ1) is 7.37. The first-order valence-electron chi connectivity index (χ1n) is 4.82. The third kappa shape index (κ3) is 4.37. The molecule has 4 nitrogen and oxygen atoms in total. The molecule has 96 valence electrons. The lowest BCUT2D eigenvalue weighted by Crippen LogP contribution is -2.39. The van der Waals surface area contributed by atoms with Crippen LogP contribution in [0.2, 0.25) is 0 Å². The van der Waals surface area contributed by atoms with Gasteiger partial charge in [0.25, 0.3) is 0 Å². The molecule has 0 bridgehead atoms. The normalized spacial score (nSPS) is 12.6. The Labute approximate surface area is 112 Å². The zero-order valence-electron chi connectivity index (χ0n) is 9.09. The molecule has 0 aromatic rings. The second-order valence-electron chi connectivity index (χ2n) is 3.72. The highest BCUT2D eigenvalue weighted by Gasteiger charge is 2.34. The molecule has 0 heterocycles. The monoisotopic (exact) mass is 286 g/mol. The fourth-order valence-corrected chi connectivity index (χ4v) is 1.12. The molecule has 7 heteroatoms. The molecule has 0 aromatic carbocycles. The van der Waals surface area contributed by atoms with Crippen LogP contribution in [0.3, 0.4) is 0 Å². The molecule has 0 aliphatic rings. The van der Waals surface area contributed by atoms with Gasteiger partial charge in [-0.3, -0.25) is 0 Å². The van der Waals surface area contributed by atoms with E-state index in [0.717, 1.165) is 0 Å². The minimum Gasteiger partial charge on any atom is -0.463 e. The summed E-state index contributed by atoms with van der Waals surface area (Å²) >= 11 is 11.9. The summed E-state index contributed by atoms with van der Waals surface area (Å²) < 4.78 is 3.72. The molecule has 2 N–H and O–H groups in total. The lowest BCUT2D eigenvalue weighted by Gasteiger charge is -2.29. The number of hydrogen-bond acceptors (Lipinski definition) is 7. The van der Waals surface area contributed by atoms with Crippen molar-refractivity contribution in [2.45, 2.75) is 17.4 Å². The molecule has 0 amide bonds. The molecule has 0 spiro atoms. The van der Waals surface area contributed by atoms with Gasteiger partial charge >= 0.3 is 5.97 Å². The number of aliphatic hydroxyl groups is 2. The fraction of sp³-hybridized carbons (Fsp3) is 0.889. The van der Waals surface area contributed by atoms with Crippen molar-refractivity contribution in [3.8, 4) is 0 Å². The Morgan fingerprint density at radius 3 is 2.12 bits per heavy atom. The minimum atomic E-state index is -1.26. The molecule has 0 aliphatic heterocycles. The summed E-state index contributed by atoms with van der Waals surface area (Å²) in [6.07, 6.45) is 0.500. The van der Waals surface area contributed by atoms with Crippen LogP contribution in [0.5, 0.6) is 0 Å². The average Bonchev–Trinajstić information content (AvgIpc) is 2.31. The van der Waals surface area contributed by atoms with E-state index in [9.17, 15) is 4.79 Å². The maximum atomic E-state index is 11.5. The zero-order valence-corrected chi connectivity index (χ0v) is 11.8. The summed E-state index contributed by atoms with van der Waals surface area (Å²) in [5, 5.41) is 18.3. The number of rotatable bonds is 7. The Morgan fingerprint density at radius 2 is 1.81 bits per heavy atom. The molecule has 16 heavy (non-hydrogen) atoms. The highest BCUT2D eigenvalue weighted by Crippen LogP contribution is 2.26. The van der Waals surface area contributed by atoms with Gasteiger partial charge < -0.3 is 14.9 Å². The van der Waals surface area contributed by atoms with Crippen molar-refractivity contribution in [1.29, 1.82) is 0 Å². The number of esters is 1. The van der Waals surface area contributed by atoms with Gasteiger partial charge in [-0.25, -0.2) is 4.79 Å². The topological polar surface area (TPSA) is 66.8 Å². The summed E-state index contributed by atoms with van der Waals surface area (Å²) in [5.41, 5.74) is -0.802. The standard InChI is InChI=1S/C9H18O4S3/c1-2-8(3-10,4-11)5-13-7(12)9(15,16)6-14/h10-11,14-16H,2-6H2,1H3. The van der Waals surface area contributed by atoms with E-state index < -0.39 is 15.5 Å². The van der Waals surface area contributed by atoms with Crippen molar-refractivity contribution < 1.29 is 19.7 Å². The van der Waals surface area contributed by atoms with Gasteiger partial charge in [0.2, 0.25) is 0 Å². The zero-order chi connectivity index (χ0) is 12.8. The molecule has 0 aliphatic carbocycles.